The molecular formula is C20H23N3O2. The third-order valence-corrected chi connectivity index (χ3v) is 4.10. The Morgan fingerprint density at radius 3 is 2.52 bits per heavy atom. The number of carbonyl (C=O) groups excluding carboxylic acids is 1. The van der Waals surface area contributed by atoms with Gasteiger partial charge in [-0.1, -0.05) is 6.07 Å². The predicted molar refractivity (Wildman–Crippen MR) is 100 cm³/mol. The van der Waals surface area contributed by atoms with Crippen molar-refractivity contribution in [2.45, 2.75) is 27.7 Å². The largest absolute Gasteiger partial charge is 0.441 e. The Balaban J connectivity index is 2.18. The summed E-state index contributed by atoms with van der Waals surface area (Å²) in [6.45, 7) is 9.71. The molecule has 5 heteroatoms. The van der Waals surface area contributed by atoms with Gasteiger partial charge in [0.05, 0.1) is 0 Å². The average molecular weight is 337 g/mol. The van der Waals surface area contributed by atoms with Gasteiger partial charge in [-0.15, -0.1) is 0 Å². The molecule has 1 heterocycles. The van der Waals surface area contributed by atoms with Crippen LogP contribution in [0, 0.1) is 25.2 Å². The molecule has 1 N–H and O–H groups in total. The van der Waals surface area contributed by atoms with Crippen LogP contribution in [-0.4, -0.2) is 19.0 Å². The number of rotatable bonds is 6. The van der Waals surface area contributed by atoms with Gasteiger partial charge in [0.25, 0.3) is 5.91 Å². The fourth-order valence-corrected chi connectivity index (χ4v) is 2.43. The van der Waals surface area contributed by atoms with E-state index in [1.54, 1.807) is 6.07 Å². The summed E-state index contributed by atoms with van der Waals surface area (Å²) in [5.74, 6) is 0.753. The molecule has 0 unspecified atom stereocenters. The van der Waals surface area contributed by atoms with Crippen LogP contribution in [-0.2, 0) is 4.79 Å². The Bertz CT molecular complexity index is 824. The molecule has 0 spiro atoms. The summed E-state index contributed by atoms with van der Waals surface area (Å²) in [4.78, 5) is 14.4. The monoisotopic (exact) mass is 337 g/mol. The zero-order valence-electron chi connectivity index (χ0n) is 15.1. The second-order valence-electron chi connectivity index (χ2n) is 5.77. The Kier molecular flexibility index (Phi) is 6.02. The molecule has 0 aliphatic rings. The van der Waals surface area contributed by atoms with Crippen LogP contribution in [0.3, 0.4) is 0 Å². The van der Waals surface area contributed by atoms with Gasteiger partial charge in [-0.3, -0.25) is 4.79 Å². The highest BCUT2D eigenvalue weighted by molar-refractivity contribution is 6.09. The fourth-order valence-electron chi connectivity index (χ4n) is 2.43. The fraction of sp³-hybridized carbons (Fsp3) is 0.300. The second kappa shape index (κ2) is 8.20. The lowest BCUT2D eigenvalue weighted by Crippen LogP contribution is -2.20. The van der Waals surface area contributed by atoms with Crippen LogP contribution in [0.1, 0.15) is 30.7 Å². The van der Waals surface area contributed by atoms with Crippen molar-refractivity contribution in [3.05, 3.63) is 52.8 Å². The lowest BCUT2D eigenvalue weighted by Gasteiger charge is -2.16. The molecule has 0 atom stereocenters. The number of aryl methyl sites for hydroxylation is 2. The number of hydrogen-bond donors (Lipinski definition) is 1. The number of nitrogens with zero attached hydrogens (tertiary/aromatic N) is 2. The molecule has 1 amide bonds. The number of nitrogens with one attached hydrogen (secondary N) is 1. The van der Waals surface area contributed by atoms with Gasteiger partial charge in [0.15, 0.2) is 5.88 Å². The van der Waals surface area contributed by atoms with E-state index in [4.69, 9.17) is 4.42 Å². The second-order valence-corrected chi connectivity index (χ2v) is 5.77. The lowest BCUT2D eigenvalue weighted by atomic mass is 10.1. The number of carbonyl (C=O) groups is 1. The number of anilines is 2. The standard InChI is InChI=1S/C20H23N3O2/c1-5-23(6-2)19-10-9-18(25-19)12-16(13-21)20(24)22-17-8-7-14(3)15(4)11-17/h7-12H,5-6H2,1-4H3,(H,22,24)/b16-12+. The van der Waals surface area contributed by atoms with E-state index in [1.807, 2.05) is 58.0 Å². The summed E-state index contributed by atoms with van der Waals surface area (Å²) in [7, 11) is 0. The zero-order chi connectivity index (χ0) is 18.4. The first-order valence-electron chi connectivity index (χ1n) is 8.33. The molecule has 2 rings (SSSR count). The van der Waals surface area contributed by atoms with Gasteiger partial charge in [0, 0.05) is 30.9 Å². The van der Waals surface area contributed by atoms with E-state index in [0.29, 0.717) is 11.4 Å². The van der Waals surface area contributed by atoms with Crippen molar-refractivity contribution in [1.82, 2.24) is 0 Å². The van der Waals surface area contributed by atoms with E-state index in [-0.39, 0.29) is 5.57 Å². The molecule has 0 aliphatic carbocycles. The molecule has 0 bridgehead atoms. The first kappa shape index (κ1) is 18.3. The number of hydrogen-bond acceptors (Lipinski definition) is 4. The Hall–Kier alpha value is -3.00. The van der Waals surface area contributed by atoms with Crippen molar-refractivity contribution in [3.8, 4) is 6.07 Å². The maximum atomic E-state index is 12.3. The molecule has 1 aromatic heterocycles. The molecule has 1 aromatic carbocycles. The third-order valence-electron chi connectivity index (χ3n) is 4.10. The number of benzene rings is 1. The summed E-state index contributed by atoms with van der Waals surface area (Å²) >= 11 is 0. The van der Waals surface area contributed by atoms with Gasteiger partial charge in [-0.25, -0.2) is 0 Å². The van der Waals surface area contributed by atoms with Crippen LogP contribution in [0.25, 0.3) is 6.08 Å². The van der Waals surface area contributed by atoms with Crippen molar-refractivity contribution in [3.63, 3.8) is 0 Å². The Morgan fingerprint density at radius 2 is 1.92 bits per heavy atom. The van der Waals surface area contributed by atoms with Crippen LogP contribution < -0.4 is 10.2 Å². The first-order valence-corrected chi connectivity index (χ1v) is 8.33. The molecular weight excluding hydrogens is 314 g/mol. The van der Waals surface area contributed by atoms with Crippen molar-refractivity contribution in [1.29, 1.82) is 5.26 Å². The lowest BCUT2D eigenvalue weighted by molar-refractivity contribution is -0.112. The van der Waals surface area contributed by atoms with Crippen LogP contribution in [0.2, 0.25) is 0 Å². The first-order chi connectivity index (χ1) is 12.0. The molecule has 25 heavy (non-hydrogen) atoms. The van der Waals surface area contributed by atoms with Crippen molar-refractivity contribution < 1.29 is 9.21 Å². The minimum atomic E-state index is -0.452. The zero-order valence-corrected chi connectivity index (χ0v) is 15.1. The van der Waals surface area contributed by atoms with E-state index in [9.17, 15) is 10.1 Å². The van der Waals surface area contributed by atoms with Crippen LogP contribution in [0.5, 0.6) is 0 Å². The summed E-state index contributed by atoms with van der Waals surface area (Å²) in [6.07, 6.45) is 1.46. The number of amides is 1. The van der Waals surface area contributed by atoms with E-state index >= 15 is 0 Å². The van der Waals surface area contributed by atoms with Gasteiger partial charge in [-0.2, -0.15) is 5.26 Å². The van der Waals surface area contributed by atoms with Crippen molar-refractivity contribution in [2.75, 3.05) is 23.3 Å². The third kappa shape index (κ3) is 4.51. The minimum Gasteiger partial charge on any atom is -0.441 e. The van der Waals surface area contributed by atoms with Gasteiger partial charge in [0.2, 0.25) is 0 Å². The van der Waals surface area contributed by atoms with Crippen molar-refractivity contribution in [2.24, 2.45) is 0 Å². The molecule has 0 aliphatic heterocycles. The van der Waals surface area contributed by atoms with Gasteiger partial charge in [-0.05, 0) is 57.0 Å². The summed E-state index contributed by atoms with van der Waals surface area (Å²) in [5.41, 5.74) is 2.89. The van der Waals surface area contributed by atoms with Crippen molar-refractivity contribution >= 4 is 23.6 Å². The highest BCUT2D eigenvalue weighted by atomic mass is 16.4. The SMILES string of the molecule is CCN(CC)c1ccc(/C=C(\C#N)C(=O)Nc2ccc(C)c(C)c2)o1. The molecule has 2 aromatic rings. The normalized spacial score (nSPS) is 11.1. The quantitative estimate of drug-likeness (QED) is 0.630. The van der Waals surface area contributed by atoms with E-state index in [1.165, 1.54) is 6.08 Å². The molecule has 0 fully saturated rings. The van der Waals surface area contributed by atoms with Crippen LogP contribution in [0.4, 0.5) is 11.6 Å². The summed E-state index contributed by atoms with van der Waals surface area (Å²) in [6, 6.07) is 11.2. The van der Waals surface area contributed by atoms with E-state index < -0.39 is 5.91 Å². The highest BCUT2D eigenvalue weighted by Gasteiger charge is 2.12. The maximum Gasteiger partial charge on any atom is 0.266 e. The number of nitriles is 1. The Morgan fingerprint density at radius 1 is 1.20 bits per heavy atom. The van der Waals surface area contributed by atoms with Gasteiger partial charge >= 0.3 is 0 Å². The topological polar surface area (TPSA) is 69.3 Å². The molecule has 0 radical (unpaired) electrons. The Labute approximate surface area is 148 Å². The van der Waals surface area contributed by atoms with E-state index in [2.05, 4.69) is 10.2 Å². The van der Waals surface area contributed by atoms with Crippen LogP contribution in [0.15, 0.2) is 40.3 Å². The number of furan rings is 1. The molecule has 0 saturated carbocycles. The predicted octanol–water partition coefficient (Wildman–Crippen LogP) is 4.29. The molecule has 5 nitrogen and oxygen atoms in total. The van der Waals surface area contributed by atoms with E-state index in [0.717, 1.165) is 30.1 Å². The summed E-state index contributed by atoms with van der Waals surface area (Å²) in [5, 5.41) is 12.1. The highest BCUT2D eigenvalue weighted by Crippen LogP contribution is 2.21. The maximum absolute atomic E-state index is 12.3. The van der Waals surface area contributed by atoms with Gasteiger partial charge < -0.3 is 14.6 Å². The summed E-state index contributed by atoms with van der Waals surface area (Å²) < 4.78 is 5.71. The molecule has 0 saturated heterocycles. The molecule has 130 valence electrons. The smallest absolute Gasteiger partial charge is 0.266 e. The van der Waals surface area contributed by atoms with Crippen LogP contribution >= 0.6 is 0 Å². The van der Waals surface area contributed by atoms with Gasteiger partial charge in [0.1, 0.15) is 17.4 Å². The minimum absolute atomic E-state index is 0.00123. The average Bonchev–Trinajstić information content (AvgIpc) is 3.05.